The zero-order chi connectivity index (χ0) is 13.7. The van der Waals surface area contributed by atoms with Crippen LogP contribution >= 0.6 is 0 Å². The fourth-order valence-electron chi connectivity index (χ4n) is 2.73. The van der Waals surface area contributed by atoms with Gasteiger partial charge in [0.1, 0.15) is 5.82 Å². The Morgan fingerprint density at radius 1 is 1.15 bits per heavy atom. The van der Waals surface area contributed by atoms with Crippen molar-refractivity contribution in [3.8, 4) is 11.4 Å². The number of fused-ring (bicyclic) bond motifs is 1. The number of rotatable bonds is 2. The number of anilines is 1. The van der Waals surface area contributed by atoms with E-state index in [1.807, 2.05) is 19.1 Å². The average molecular weight is 263 g/mol. The van der Waals surface area contributed by atoms with Gasteiger partial charge in [0.25, 0.3) is 0 Å². The Balaban J connectivity index is 1.98. The van der Waals surface area contributed by atoms with Gasteiger partial charge in [-0.3, -0.25) is 0 Å². The molecule has 1 saturated carbocycles. The van der Waals surface area contributed by atoms with E-state index in [0.717, 1.165) is 28.2 Å². The largest absolute Gasteiger partial charge is 0.398 e. The van der Waals surface area contributed by atoms with Gasteiger partial charge in [-0.15, -0.1) is 0 Å². The van der Waals surface area contributed by atoms with Crippen molar-refractivity contribution >= 4 is 16.7 Å². The summed E-state index contributed by atoms with van der Waals surface area (Å²) >= 11 is 0. The zero-order valence-electron chi connectivity index (χ0n) is 11.5. The molecule has 1 aromatic heterocycles. The molecule has 1 heterocycles. The summed E-state index contributed by atoms with van der Waals surface area (Å²) in [5.41, 5.74) is 11.4. The third-order valence-corrected chi connectivity index (χ3v) is 4.05. The first-order valence-electron chi connectivity index (χ1n) is 7.07. The Labute approximate surface area is 118 Å². The number of para-hydroxylation sites is 2. The van der Waals surface area contributed by atoms with Gasteiger partial charge in [0.2, 0.25) is 0 Å². The molecule has 0 amide bonds. The van der Waals surface area contributed by atoms with Gasteiger partial charge in [-0.2, -0.15) is 0 Å². The fraction of sp³-hybridized carbons (Fsp3) is 0.235. The van der Waals surface area contributed by atoms with E-state index in [-0.39, 0.29) is 0 Å². The van der Waals surface area contributed by atoms with Gasteiger partial charge >= 0.3 is 0 Å². The number of nitrogens with zero attached hydrogens (tertiary/aromatic N) is 2. The van der Waals surface area contributed by atoms with Crippen LogP contribution in [0.5, 0.6) is 0 Å². The highest BCUT2D eigenvalue weighted by atomic mass is 15.1. The first-order valence-corrected chi connectivity index (χ1v) is 7.07. The lowest BCUT2D eigenvalue weighted by molar-refractivity contribution is 0.775. The highest BCUT2D eigenvalue weighted by molar-refractivity contribution is 5.81. The standard InChI is InChI=1S/C17H17N3/c1-11-6-7-12(10-14(11)18)17-19-15-4-2-3-5-16(15)20(17)13-8-9-13/h2-7,10,13H,8-9,18H2,1H3. The SMILES string of the molecule is Cc1ccc(-c2nc3ccccc3n2C2CC2)cc1N. The van der Waals surface area contributed by atoms with Crippen molar-refractivity contribution in [1.29, 1.82) is 0 Å². The number of nitrogens with two attached hydrogens (primary N) is 1. The minimum absolute atomic E-state index is 0.597. The molecule has 2 aromatic carbocycles. The summed E-state index contributed by atoms with van der Waals surface area (Å²) in [6.07, 6.45) is 2.49. The molecule has 0 unspecified atom stereocenters. The number of benzene rings is 2. The minimum Gasteiger partial charge on any atom is -0.398 e. The number of aromatic nitrogens is 2. The van der Waals surface area contributed by atoms with Crippen LogP contribution in [0.1, 0.15) is 24.4 Å². The molecular formula is C17H17N3. The van der Waals surface area contributed by atoms with Crippen molar-refractivity contribution < 1.29 is 0 Å². The lowest BCUT2D eigenvalue weighted by atomic mass is 10.1. The maximum absolute atomic E-state index is 6.06. The monoisotopic (exact) mass is 263 g/mol. The molecule has 2 N–H and O–H groups in total. The first kappa shape index (κ1) is 11.5. The number of nitrogen functional groups attached to an aromatic ring is 1. The van der Waals surface area contributed by atoms with Gasteiger partial charge in [-0.25, -0.2) is 4.98 Å². The Kier molecular flexibility index (Phi) is 2.36. The van der Waals surface area contributed by atoms with Crippen LogP contribution in [0.3, 0.4) is 0 Å². The van der Waals surface area contributed by atoms with E-state index in [4.69, 9.17) is 10.7 Å². The number of hydrogen-bond acceptors (Lipinski definition) is 2. The predicted octanol–water partition coefficient (Wildman–Crippen LogP) is 3.93. The van der Waals surface area contributed by atoms with E-state index in [1.165, 1.54) is 18.4 Å². The number of aryl methyl sites for hydroxylation is 1. The smallest absolute Gasteiger partial charge is 0.141 e. The van der Waals surface area contributed by atoms with Gasteiger partial charge in [0, 0.05) is 17.3 Å². The third-order valence-electron chi connectivity index (χ3n) is 4.05. The van der Waals surface area contributed by atoms with E-state index >= 15 is 0 Å². The predicted molar refractivity (Wildman–Crippen MR) is 82.6 cm³/mol. The molecule has 0 bridgehead atoms. The molecule has 0 saturated heterocycles. The van der Waals surface area contributed by atoms with Crippen molar-refractivity contribution in [2.75, 3.05) is 5.73 Å². The summed E-state index contributed by atoms with van der Waals surface area (Å²) in [5, 5.41) is 0. The Morgan fingerprint density at radius 2 is 1.95 bits per heavy atom. The average Bonchev–Trinajstić information content (AvgIpc) is 3.22. The van der Waals surface area contributed by atoms with Crippen LogP contribution in [0.25, 0.3) is 22.4 Å². The number of imidazole rings is 1. The third kappa shape index (κ3) is 1.70. The molecule has 1 fully saturated rings. The molecule has 20 heavy (non-hydrogen) atoms. The molecule has 0 radical (unpaired) electrons. The topological polar surface area (TPSA) is 43.8 Å². The van der Waals surface area contributed by atoms with Crippen LogP contribution in [0.15, 0.2) is 42.5 Å². The molecule has 3 heteroatoms. The molecule has 4 rings (SSSR count). The van der Waals surface area contributed by atoms with Crippen molar-refractivity contribution in [2.45, 2.75) is 25.8 Å². The highest BCUT2D eigenvalue weighted by Gasteiger charge is 2.28. The van der Waals surface area contributed by atoms with E-state index in [0.29, 0.717) is 6.04 Å². The summed E-state index contributed by atoms with van der Waals surface area (Å²) in [7, 11) is 0. The fourth-order valence-corrected chi connectivity index (χ4v) is 2.73. The molecule has 1 aliphatic rings. The molecular weight excluding hydrogens is 246 g/mol. The molecule has 3 nitrogen and oxygen atoms in total. The molecule has 0 spiro atoms. The van der Waals surface area contributed by atoms with E-state index in [1.54, 1.807) is 0 Å². The quantitative estimate of drug-likeness (QED) is 0.712. The molecule has 100 valence electrons. The minimum atomic E-state index is 0.597. The summed E-state index contributed by atoms with van der Waals surface area (Å²) in [5.74, 6) is 1.04. The summed E-state index contributed by atoms with van der Waals surface area (Å²) in [4.78, 5) is 4.82. The van der Waals surface area contributed by atoms with Crippen LogP contribution in [0.2, 0.25) is 0 Å². The van der Waals surface area contributed by atoms with E-state index in [9.17, 15) is 0 Å². The van der Waals surface area contributed by atoms with Crippen molar-refractivity contribution in [1.82, 2.24) is 9.55 Å². The zero-order valence-corrected chi connectivity index (χ0v) is 11.5. The maximum Gasteiger partial charge on any atom is 0.141 e. The lowest BCUT2D eigenvalue weighted by Gasteiger charge is -2.09. The second kappa shape index (κ2) is 4.10. The van der Waals surface area contributed by atoms with Crippen LogP contribution in [0.4, 0.5) is 5.69 Å². The molecule has 3 aromatic rings. The van der Waals surface area contributed by atoms with Gasteiger partial charge in [-0.05, 0) is 43.5 Å². The number of hydrogen-bond donors (Lipinski definition) is 1. The van der Waals surface area contributed by atoms with Gasteiger partial charge in [0.05, 0.1) is 11.0 Å². The lowest BCUT2D eigenvalue weighted by Crippen LogP contribution is -1.98. The second-order valence-corrected chi connectivity index (χ2v) is 5.60. The first-order chi connectivity index (χ1) is 9.74. The van der Waals surface area contributed by atoms with Gasteiger partial charge in [-0.1, -0.05) is 24.3 Å². The summed E-state index contributed by atoms with van der Waals surface area (Å²) in [6.45, 7) is 2.03. The molecule has 0 atom stereocenters. The Morgan fingerprint density at radius 3 is 2.70 bits per heavy atom. The van der Waals surface area contributed by atoms with Gasteiger partial charge in [0.15, 0.2) is 0 Å². The van der Waals surface area contributed by atoms with Crippen LogP contribution in [-0.4, -0.2) is 9.55 Å². The highest BCUT2D eigenvalue weighted by Crippen LogP contribution is 2.41. The molecule has 1 aliphatic carbocycles. The van der Waals surface area contributed by atoms with Crippen LogP contribution in [-0.2, 0) is 0 Å². The van der Waals surface area contributed by atoms with Crippen molar-refractivity contribution in [3.05, 3.63) is 48.0 Å². The molecule has 0 aliphatic heterocycles. The van der Waals surface area contributed by atoms with Crippen molar-refractivity contribution in [2.24, 2.45) is 0 Å². The van der Waals surface area contributed by atoms with E-state index in [2.05, 4.69) is 34.9 Å². The Bertz CT molecular complexity index is 797. The summed E-state index contributed by atoms with van der Waals surface area (Å²) < 4.78 is 2.37. The Hall–Kier alpha value is -2.29. The van der Waals surface area contributed by atoms with Crippen molar-refractivity contribution in [3.63, 3.8) is 0 Å². The maximum atomic E-state index is 6.06. The van der Waals surface area contributed by atoms with Crippen LogP contribution < -0.4 is 5.73 Å². The normalized spacial score (nSPS) is 14.8. The van der Waals surface area contributed by atoms with E-state index < -0.39 is 0 Å². The van der Waals surface area contributed by atoms with Gasteiger partial charge < -0.3 is 10.3 Å². The van der Waals surface area contributed by atoms with Crippen LogP contribution in [0, 0.1) is 6.92 Å². The summed E-state index contributed by atoms with van der Waals surface area (Å²) in [6, 6.07) is 15.2. The second-order valence-electron chi connectivity index (χ2n) is 5.60.